The number of hydrogen-bond acceptors (Lipinski definition) is 5. The first kappa shape index (κ1) is 31.0. The molecule has 0 fully saturated rings. The molecule has 45 heavy (non-hydrogen) atoms. The highest BCUT2D eigenvalue weighted by atomic mass is 16.4. The number of nitrogens with zero attached hydrogens (tertiary/aromatic N) is 3. The third kappa shape index (κ3) is 5.34. The summed E-state index contributed by atoms with van der Waals surface area (Å²) in [7, 11) is 0. The van der Waals surface area contributed by atoms with Crippen molar-refractivity contribution in [2.24, 2.45) is 0 Å². The minimum absolute atomic E-state index is 0.101. The third-order valence-corrected chi connectivity index (χ3v) is 8.88. The minimum Gasteiger partial charge on any atom is -0.455 e. The Balaban J connectivity index is 1.78. The van der Waals surface area contributed by atoms with E-state index in [1.165, 1.54) is 22.3 Å². The zero-order valence-electron chi connectivity index (χ0n) is 29.0. The van der Waals surface area contributed by atoms with Crippen LogP contribution in [0.3, 0.4) is 0 Å². The molecule has 0 radical (unpaired) electrons. The first-order valence-electron chi connectivity index (χ1n) is 16.4. The average Bonchev–Trinajstić information content (AvgIpc) is 3.56. The molecular formula is C40H47N3O2. The van der Waals surface area contributed by atoms with Gasteiger partial charge in [-0.1, -0.05) is 107 Å². The lowest BCUT2D eigenvalue weighted by atomic mass is 9.81. The number of rotatable bonds is 5. The highest BCUT2D eigenvalue weighted by Crippen LogP contribution is 2.48. The van der Waals surface area contributed by atoms with E-state index in [0.717, 1.165) is 61.4 Å². The number of fused-ring (bicyclic) bond motifs is 4. The van der Waals surface area contributed by atoms with Crippen LogP contribution in [0.1, 0.15) is 129 Å². The Kier molecular flexibility index (Phi) is 7.46. The fourth-order valence-electron chi connectivity index (χ4n) is 6.23. The van der Waals surface area contributed by atoms with Crippen LogP contribution in [0.15, 0.2) is 57.6 Å². The second-order valence-electron chi connectivity index (χ2n) is 15.6. The van der Waals surface area contributed by atoms with Crippen LogP contribution in [0.25, 0.3) is 55.4 Å². The molecule has 0 saturated carbocycles. The van der Waals surface area contributed by atoms with E-state index in [0.29, 0.717) is 17.8 Å². The Labute approximate surface area is 267 Å². The topological polar surface area (TPSA) is 65.0 Å². The zero-order chi connectivity index (χ0) is 32.6. The Morgan fingerprint density at radius 2 is 1.31 bits per heavy atom. The van der Waals surface area contributed by atoms with Crippen molar-refractivity contribution in [3.8, 4) is 22.4 Å². The largest absolute Gasteiger partial charge is 0.455 e. The van der Waals surface area contributed by atoms with Crippen molar-refractivity contribution in [3.63, 3.8) is 0 Å². The first-order valence-corrected chi connectivity index (χ1v) is 16.4. The molecule has 5 heteroatoms. The standard InChI is InChI=1S/C40H47N3O2/c1-21(2)24-16-27(22(3)4)33(28(17-24)23(5)6)34-35-31(44-38(43-35)40(10,11)12)18-29-25-14-13-15-26(36(25)45-37(29)34)30-19-32(39(7,8)9)42-20-41-30/h13-23H,1-12H3. The van der Waals surface area contributed by atoms with Gasteiger partial charge in [-0.05, 0) is 58.2 Å². The van der Waals surface area contributed by atoms with E-state index in [9.17, 15) is 0 Å². The normalized spacial score (nSPS) is 13.0. The van der Waals surface area contributed by atoms with Crippen LogP contribution in [0, 0.1) is 0 Å². The van der Waals surface area contributed by atoms with Gasteiger partial charge >= 0.3 is 0 Å². The lowest BCUT2D eigenvalue weighted by Gasteiger charge is -2.23. The van der Waals surface area contributed by atoms with Crippen LogP contribution in [-0.2, 0) is 10.8 Å². The summed E-state index contributed by atoms with van der Waals surface area (Å²) in [6.07, 6.45) is 1.66. The molecule has 0 unspecified atom stereocenters. The van der Waals surface area contributed by atoms with Crippen molar-refractivity contribution in [3.05, 3.63) is 77.1 Å². The molecule has 0 saturated heterocycles. The predicted octanol–water partition coefficient (Wildman–Crippen LogP) is 11.8. The highest BCUT2D eigenvalue weighted by molar-refractivity contribution is 6.19. The molecule has 6 aromatic rings. The molecule has 0 aliphatic heterocycles. The second-order valence-corrected chi connectivity index (χ2v) is 15.6. The van der Waals surface area contributed by atoms with Gasteiger partial charge in [-0.3, -0.25) is 0 Å². The number of para-hydroxylation sites is 1. The Bertz CT molecular complexity index is 2030. The summed E-state index contributed by atoms with van der Waals surface area (Å²) in [5.41, 5.74) is 11.9. The quantitative estimate of drug-likeness (QED) is 0.197. The van der Waals surface area contributed by atoms with Crippen molar-refractivity contribution in [2.45, 2.75) is 112 Å². The van der Waals surface area contributed by atoms with Crippen LogP contribution in [-0.4, -0.2) is 15.0 Å². The summed E-state index contributed by atoms with van der Waals surface area (Å²) in [6, 6.07) is 15.3. The molecule has 3 aromatic carbocycles. The fraction of sp³-hybridized carbons (Fsp3) is 0.425. The molecule has 0 atom stereocenters. The van der Waals surface area contributed by atoms with E-state index in [-0.39, 0.29) is 10.8 Å². The summed E-state index contributed by atoms with van der Waals surface area (Å²) >= 11 is 0. The van der Waals surface area contributed by atoms with Crippen LogP contribution in [0.4, 0.5) is 0 Å². The van der Waals surface area contributed by atoms with E-state index in [1.807, 2.05) is 0 Å². The van der Waals surface area contributed by atoms with Gasteiger partial charge in [0.2, 0.25) is 5.89 Å². The van der Waals surface area contributed by atoms with Crippen LogP contribution in [0.5, 0.6) is 0 Å². The molecule has 0 aliphatic carbocycles. The molecular weight excluding hydrogens is 554 g/mol. The van der Waals surface area contributed by atoms with E-state index in [1.54, 1.807) is 6.33 Å². The van der Waals surface area contributed by atoms with Gasteiger partial charge in [0, 0.05) is 32.9 Å². The van der Waals surface area contributed by atoms with Crippen LogP contribution in [0.2, 0.25) is 0 Å². The Morgan fingerprint density at radius 1 is 0.644 bits per heavy atom. The van der Waals surface area contributed by atoms with Gasteiger partial charge < -0.3 is 8.83 Å². The highest BCUT2D eigenvalue weighted by Gasteiger charge is 2.30. The van der Waals surface area contributed by atoms with E-state index in [2.05, 4.69) is 131 Å². The van der Waals surface area contributed by atoms with Crippen molar-refractivity contribution in [1.29, 1.82) is 0 Å². The number of benzene rings is 3. The van der Waals surface area contributed by atoms with Crippen molar-refractivity contribution in [2.75, 3.05) is 0 Å². The van der Waals surface area contributed by atoms with Gasteiger partial charge in [0.25, 0.3) is 0 Å². The SMILES string of the molecule is CC(C)c1cc(C(C)C)c(-c2c3nc(C(C)(C)C)oc3cc3c2oc2c(-c4cc(C(C)(C)C)ncn4)cccc23)c(C(C)C)c1. The summed E-state index contributed by atoms with van der Waals surface area (Å²) < 4.78 is 13.6. The maximum atomic E-state index is 7.06. The summed E-state index contributed by atoms with van der Waals surface area (Å²) in [4.78, 5) is 14.5. The monoisotopic (exact) mass is 601 g/mol. The Hall–Kier alpha value is -3.99. The smallest absolute Gasteiger partial charge is 0.200 e. The molecule has 0 bridgehead atoms. The predicted molar refractivity (Wildman–Crippen MR) is 187 cm³/mol. The molecule has 3 aromatic heterocycles. The van der Waals surface area contributed by atoms with Crippen molar-refractivity contribution in [1.82, 2.24) is 15.0 Å². The maximum absolute atomic E-state index is 7.06. The lowest BCUT2D eigenvalue weighted by Crippen LogP contribution is -2.13. The molecule has 6 rings (SSSR count). The lowest BCUT2D eigenvalue weighted by molar-refractivity contribution is 0.411. The molecule has 3 heterocycles. The minimum atomic E-state index is -0.242. The van der Waals surface area contributed by atoms with E-state index >= 15 is 0 Å². The van der Waals surface area contributed by atoms with E-state index < -0.39 is 0 Å². The van der Waals surface area contributed by atoms with Crippen molar-refractivity contribution >= 4 is 33.0 Å². The Morgan fingerprint density at radius 3 is 1.89 bits per heavy atom. The molecule has 0 N–H and O–H groups in total. The summed E-state index contributed by atoms with van der Waals surface area (Å²) in [5, 5.41) is 2.06. The maximum Gasteiger partial charge on any atom is 0.200 e. The number of hydrogen-bond donors (Lipinski definition) is 0. The van der Waals surface area contributed by atoms with Crippen molar-refractivity contribution < 1.29 is 8.83 Å². The number of furan rings is 1. The zero-order valence-corrected chi connectivity index (χ0v) is 29.0. The molecule has 5 nitrogen and oxygen atoms in total. The van der Waals surface area contributed by atoms with Crippen LogP contribution >= 0.6 is 0 Å². The van der Waals surface area contributed by atoms with Crippen LogP contribution < -0.4 is 0 Å². The van der Waals surface area contributed by atoms with Gasteiger partial charge in [0.15, 0.2) is 5.58 Å². The number of oxazole rings is 1. The molecule has 0 aliphatic rings. The molecule has 234 valence electrons. The second kappa shape index (κ2) is 10.8. The summed E-state index contributed by atoms with van der Waals surface area (Å²) in [6.45, 7) is 26.6. The van der Waals surface area contributed by atoms with Gasteiger partial charge in [0.05, 0.1) is 11.3 Å². The number of aromatic nitrogens is 3. The first-order chi connectivity index (χ1) is 21.1. The van der Waals surface area contributed by atoms with Gasteiger partial charge in [-0.15, -0.1) is 0 Å². The average molecular weight is 602 g/mol. The van der Waals surface area contributed by atoms with Gasteiger partial charge in [-0.2, -0.15) is 0 Å². The van der Waals surface area contributed by atoms with E-state index in [4.69, 9.17) is 18.8 Å². The molecule has 0 amide bonds. The third-order valence-electron chi connectivity index (χ3n) is 8.88. The molecule has 0 spiro atoms. The summed E-state index contributed by atoms with van der Waals surface area (Å²) in [5.74, 6) is 1.74. The van der Waals surface area contributed by atoms with Gasteiger partial charge in [-0.25, -0.2) is 15.0 Å². The van der Waals surface area contributed by atoms with Gasteiger partial charge in [0.1, 0.15) is 23.0 Å². The fourth-order valence-corrected chi connectivity index (χ4v) is 6.23.